The van der Waals surface area contributed by atoms with E-state index >= 15 is 0 Å². The van der Waals surface area contributed by atoms with Crippen molar-refractivity contribution < 1.29 is 0 Å². The van der Waals surface area contributed by atoms with E-state index in [1.54, 1.807) is 11.3 Å². The van der Waals surface area contributed by atoms with Gasteiger partial charge in [0.15, 0.2) is 0 Å². The summed E-state index contributed by atoms with van der Waals surface area (Å²) in [6, 6.07) is 2.71. The number of halogens is 1. The van der Waals surface area contributed by atoms with Crippen molar-refractivity contribution in [1.82, 2.24) is 5.32 Å². The van der Waals surface area contributed by atoms with E-state index in [-0.39, 0.29) is 0 Å². The second-order valence-electron chi connectivity index (χ2n) is 3.90. The van der Waals surface area contributed by atoms with Crippen LogP contribution in [0.5, 0.6) is 0 Å². The monoisotopic (exact) mass is 245 g/mol. The first-order valence-electron chi connectivity index (χ1n) is 5.68. The Hall–Kier alpha value is -0.0500. The van der Waals surface area contributed by atoms with Crippen molar-refractivity contribution in [3.8, 4) is 0 Å². The zero-order valence-corrected chi connectivity index (χ0v) is 11.3. The van der Waals surface area contributed by atoms with Crippen LogP contribution in [0.25, 0.3) is 0 Å². The molecule has 1 atom stereocenters. The molecule has 1 unspecified atom stereocenters. The fraction of sp³-hybridized carbons (Fsp3) is 0.667. The molecule has 1 rings (SSSR count). The van der Waals surface area contributed by atoms with Crippen LogP contribution >= 0.6 is 22.9 Å². The normalized spacial score (nSPS) is 13.1. The molecule has 0 fully saturated rings. The molecule has 0 aliphatic heterocycles. The summed E-state index contributed by atoms with van der Waals surface area (Å²) in [5.41, 5.74) is 1.20. The van der Waals surface area contributed by atoms with E-state index in [4.69, 9.17) is 11.6 Å². The Bertz CT molecular complexity index is 276. The smallest absolute Gasteiger partial charge is 0.0960 e. The topological polar surface area (TPSA) is 12.0 Å². The number of rotatable bonds is 6. The fourth-order valence-corrected chi connectivity index (χ4v) is 2.94. The van der Waals surface area contributed by atoms with Gasteiger partial charge < -0.3 is 5.32 Å². The van der Waals surface area contributed by atoms with Gasteiger partial charge in [-0.3, -0.25) is 0 Å². The molecular formula is C12H20ClNS. The second kappa shape index (κ2) is 6.51. The molecule has 0 aliphatic rings. The van der Waals surface area contributed by atoms with Crippen molar-refractivity contribution in [1.29, 1.82) is 0 Å². The molecule has 0 aliphatic carbocycles. The average Bonchev–Trinajstić information content (AvgIpc) is 2.54. The Kier molecular flexibility index (Phi) is 5.65. The number of hydrogen-bond acceptors (Lipinski definition) is 2. The predicted molar refractivity (Wildman–Crippen MR) is 70.0 cm³/mol. The maximum atomic E-state index is 6.10. The van der Waals surface area contributed by atoms with Crippen LogP contribution in [0.4, 0.5) is 0 Å². The van der Waals surface area contributed by atoms with Crippen LogP contribution in [0.3, 0.4) is 0 Å². The van der Waals surface area contributed by atoms with Gasteiger partial charge in [-0.15, -0.1) is 11.3 Å². The van der Waals surface area contributed by atoms with Crippen molar-refractivity contribution in [3.05, 3.63) is 20.8 Å². The molecule has 1 N–H and O–H groups in total. The third kappa shape index (κ3) is 3.78. The molecule has 0 saturated carbocycles. The van der Waals surface area contributed by atoms with Gasteiger partial charge in [-0.1, -0.05) is 31.9 Å². The zero-order valence-electron chi connectivity index (χ0n) is 9.77. The van der Waals surface area contributed by atoms with Gasteiger partial charge >= 0.3 is 0 Å². The van der Waals surface area contributed by atoms with Gasteiger partial charge in [0.05, 0.1) is 4.34 Å². The van der Waals surface area contributed by atoms with E-state index in [0.29, 0.717) is 6.04 Å². The van der Waals surface area contributed by atoms with Crippen molar-refractivity contribution in [2.24, 2.45) is 0 Å². The highest BCUT2D eigenvalue weighted by Gasteiger charge is 2.13. The van der Waals surface area contributed by atoms with E-state index in [2.05, 4.69) is 32.2 Å². The van der Waals surface area contributed by atoms with Crippen LogP contribution in [-0.2, 0) is 0 Å². The molecule has 1 heterocycles. The molecular weight excluding hydrogens is 226 g/mol. The number of thiophene rings is 1. The third-order valence-corrected chi connectivity index (χ3v) is 4.11. The van der Waals surface area contributed by atoms with Crippen molar-refractivity contribution in [2.75, 3.05) is 6.54 Å². The molecule has 0 bridgehead atoms. The van der Waals surface area contributed by atoms with Crippen LogP contribution in [0.1, 0.15) is 49.6 Å². The summed E-state index contributed by atoms with van der Waals surface area (Å²) in [5.74, 6) is 0. The van der Waals surface area contributed by atoms with Gasteiger partial charge in [-0.2, -0.15) is 0 Å². The molecule has 1 nitrogen and oxygen atoms in total. The molecule has 3 heteroatoms. The maximum absolute atomic E-state index is 6.10. The van der Waals surface area contributed by atoms with E-state index in [0.717, 1.165) is 10.9 Å². The minimum absolute atomic E-state index is 0.492. The minimum Gasteiger partial charge on any atom is -0.309 e. The van der Waals surface area contributed by atoms with E-state index < -0.39 is 0 Å². The van der Waals surface area contributed by atoms with Crippen LogP contribution in [-0.4, -0.2) is 6.54 Å². The lowest BCUT2D eigenvalue weighted by molar-refractivity contribution is 0.500. The van der Waals surface area contributed by atoms with Crippen molar-refractivity contribution in [3.63, 3.8) is 0 Å². The third-order valence-electron chi connectivity index (χ3n) is 2.44. The lowest BCUT2D eigenvalue weighted by Crippen LogP contribution is -2.21. The molecule has 86 valence electrons. The zero-order chi connectivity index (χ0) is 11.3. The Labute approximate surface area is 102 Å². The van der Waals surface area contributed by atoms with Crippen LogP contribution in [0, 0.1) is 6.92 Å². The summed E-state index contributed by atoms with van der Waals surface area (Å²) in [6.07, 6.45) is 3.57. The first-order chi connectivity index (χ1) is 7.19. The summed E-state index contributed by atoms with van der Waals surface area (Å²) in [4.78, 5) is 1.38. The summed E-state index contributed by atoms with van der Waals surface area (Å²) in [7, 11) is 0. The van der Waals surface area contributed by atoms with Gasteiger partial charge in [0.2, 0.25) is 0 Å². The quantitative estimate of drug-likeness (QED) is 0.775. The lowest BCUT2D eigenvalue weighted by atomic mass is 10.1. The first kappa shape index (κ1) is 13.0. The fourth-order valence-electron chi connectivity index (χ4n) is 1.61. The Balaban J connectivity index is 2.69. The Morgan fingerprint density at radius 3 is 2.60 bits per heavy atom. The standard InChI is InChI=1S/C12H20ClNS/c1-4-6-10(14-7-5-2)11-8-9(3)12(13)15-11/h8,10,14H,4-7H2,1-3H3. The van der Waals surface area contributed by atoms with Gasteiger partial charge in [0, 0.05) is 10.9 Å². The molecule has 1 aromatic rings. The molecule has 0 saturated heterocycles. The van der Waals surface area contributed by atoms with Crippen LogP contribution in [0.15, 0.2) is 6.07 Å². The molecule has 15 heavy (non-hydrogen) atoms. The minimum atomic E-state index is 0.492. The number of aryl methyl sites for hydroxylation is 1. The number of hydrogen-bond donors (Lipinski definition) is 1. The lowest BCUT2D eigenvalue weighted by Gasteiger charge is -2.15. The first-order valence-corrected chi connectivity index (χ1v) is 6.87. The molecule has 0 aromatic carbocycles. The van der Waals surface area contributed by atoms with Crippen molar-refractivity contribution >= 4 is 22.9 Å². The SMILES string of the molecule is CCCNC(CCC)c1cc(C)c(Cl)s1. The van der Waals surface area contributed by atoms with Gasteiger partial charge in [0.25, 0.3) is 0 Å². The molecule has 1 aromatic heterocycles. The summed E-state index contributed by atoms with van der Waals surface area (Å²) in [5, 5.41) is 3.58. The highest BCUT2D eigenvalue weighted by Crippen LogP contribution is 2.32. The van der Waals surface area contributed by atoms with E-state index in [1.807, 2.05) is 0 Å². The highest BCUT2D eigenvalue weighted by molar-refractivity contribution is 7.16. The molecule has 0 amide bonds. The van der Waals surface area contributed by atoms with E-state index in [1.165, 1.54) is 29.7 Å². The molecule has 0 radical (unpaired) electrons. The van der Waals surface area contributed by atoms with Gasteiger partial charge in [0.1, 0.15) is 0 Å². The average molecular weight is 246 g/mol. The van der Waals surface area contributed by atoms with Crippen LogP contribution < -0.4 is 5.32 Å². The summed E-state index contributed by atoms with van der Waals surface area (Å²) in [6.45, 7) is 7.58. The predicted octanol–water partition coefficient (Wildman–Crippen LogP) is 4.55. The summed E-state index contributed by atoms with van der Waals surface area (Å²) >= 11 is 7.81. The maximum Gasteiger partial charge on any atom is 0.0960 e. The Morgan fingerprint density at radius 2 is 2.13 bits per heavy atom. The number of nitrogens with one attached hydrogen (secondary N) is 1. The van der Waals surface area contributed by atoms with Crippen molar-refractivity contribution in [2.45, 2.75) is 46.1 Å². The largest absolute Gasteiger partial charge is 0.309 e. The highest BCUT2D eigenvalue weighted by atomic mass is 35.5. The van der Waals surface area contributed by atoms with E-state index in [9.17, 15) is 0 Å². The van der Waals surface area contributed by atoms with Gasteiger partial charge in [-0.25, -0.2) is 0 Å². The Morgan fingerprint density at radius 1 is 1.40 bits per heavy atom. The second-order valence-corrected chi connectivity index (χ2v) is 5.59. The summed E-state index contributed by atoms with van der Waals surface area (Å²) < 4.78 is 0.935. The molecule has 0 spiro atoms. The van der Waals surface area contributed by atoms with Crippen LogP contribution in [0.2, 0.25) is 4.34 Å². The van der Waals surface area contributed by atoms with Gasteiger partial charge in [-0.05, 0) is 37.9 Å².